The van der Waals surface area contributed by atoms with Crippen LogP contribution < -0.4 is 0 Å². The zero-order chi connectivity index (χ0) is 19.7. The summed E-state index contributed by atoms with van der Waals surface area (Å²) in [5.74, 6) is 1.97. The summed E-state index contributed by atoms with van der Waals surface area (Å²) in [6.45, 7) is 2.27. The van der Waals surface area contributed by atoms with E-state index >= 15 is 0 Å². The fraction of sp³-hybridized carbons (Fsp3) is 0.560. The summed E-state index contributed by atoms with van der Waals surface area (Å²) >= 11 is 0. The lowest BCUT2D eigenvalue weighted by molar-refractivity contribution is 0.113. The van der Waals surface area contributed by atoms with Crippen LogP contribution >= 0.6 is 0 Å². The molecule has 2 aliphatic rings. The highest BCUT2D eigenvalue weighted by molar-refractivity contribution is 5.85. The van der Waals surface area contributed by atoms with Crippen molar-refractivity contribution in [2.24, 2.45) is 17.8 Å². The average molecular weight is 382 g/mol. The Bertz CT molecular complexity index is 898. The summed E-state index contributed by atoms with van der Waals surface area (Å²) in [7, 11) is 0. The van der Waals surface area contributed by atoms with Crippen molar-refractivity contribution >= 4 is 10.8 Å². The monoisotopic (exact) mass is 381 g/mol. The molecule has 0 spiro atoms. The van der Waals surface area contributed by atoms with Crippen LogP contribution in [-0.2, 0) is 0 Å². The summed E-state index contributed by atoms with van der Waals surface area (Å²) in [5.41, 5.74) is 0.903. The van der Waals surface area contributed by atoms with Gasteiger partial charge in [0.25, 0.3) is 0 Å². The molecule has 0 heterocycles. The van der Waals surface area contributed by atoms with Crippen molar-refractivity contribution in [3.05, 3.63) is 47.0 Å². The van der Waals surface area contributed by atoms with E-state index in [1.165, 1.54) is 57.1 Å². The van der Waals surface area contributed by atoms with Crippen LogP contribution in [0.5, 0.6) is 0 Å². The van der Waals surface area contributed by atoms with E-state index in [0.29, 0.717) is 16.7 Å². The third-order valence-electron chi connectivity index (χ3n) is 7.29. The van der Waals surface area contributed by atoms with E-state index in [1.807, 2.05) is 6.07 Å². The predicted octanol–water partition coefficient (Wildman–Crippen LogP) is 7.48. The maximum absolute atomic E-state index is 14.7. The van der Waals surface area contributed by atoms with Gasteiger partial charge in [-0.15, -0.1) is 0 Å². The van der Waals surface area contributed by atoms with Gasteiger partial charge in [-0.1, -0.05) is 38.7 Å². The van der Waals surface area contributed by atoms with Gasteiger partial charge >= 0.3 is 0 Å². The van der Waals surface area contributed by atoms with E-state index in [2.05, 4.69) is 6.92 Å². The third-order valence-corrected chi connectivity index (χ3v) is 7.29. The van der Waals surface area contributed by atoms with E-state index in [-0.39, 0.29) is 11.4 Å². The van der Waals surface area contributed by atoms with Crippen LogP contribution in [0.4, 0.5) is 8.78 Å². The zero-order valence-electron chi connectivity index (χ0n) is 16.7. The maximum Gasteiger partial charge on any atom is 0.141 e. The van der Waals surface area contributed by atoms with Gasteiger partial charge in [0.1, 0.15) is 17.7 Å². The van der Waals surface area contributed by atoms with Gasteiger partial charge in [0, 0.05) is 5.39 Å². The Morgan fingerprint density at radius 3 is 2.54 bits per heavy atom. The molecule has 0 radical (unpaired) electrons. The Balaban J connectivity index is 1.52. The van der Waals surface area contributed by atoms with Gasteiger partial charge in [0.2, 0.25) is 0 Å². The lowest BCUT2D eigenvalue weighted by Gasteiger charge is -2.42. The van der Waals surface area contributed by atoms with E-state index in [0.717, 1.165) is 36.2 Å². The number of unbranched alkanes of at least 4 members (excludes halogenated alkanes) is 1. The first-order valence-corrected chi connectivity index (χ1v) is 10.9. The van der Waals surface area contributed by atoms with Crippen LogP contribution in [-0.4, -0.2) is 0 Å². The topological polar surface area (TPSA) is 23.8 Å². The van der Waals surface area contributed by atoms with Crippen molar-refractivity contribution in [3.63, 3.8) is 0 Å². The molecule has 1 nitrogen and oxygen atoms in total. The SMILES string of the molecule is CCCCC1CCC2CC(c3cc(F)c4cc(C#N)c(F)cc4c3)CCC2C1. The molecule has 28 heavy (non-hydrogen) atoms. The van der Waals surface area contributed by atoms with E-state index < -0.39 is 5.82 Å². The van der Waals surface area contributed by atoms with Gasteiger partial charge in [0.05, 0.1) is 5.56 Å². The number of hydrogen-bond acceptors (Lipinski definition) is 1. The Labute approximate surface area is 166 Å². The van der Waals surface area contributed by atoms with Crippen LogP contribution in [0.2, 0.25) is 0 Å². The molecule has 2 saturated carbocycles. The van der Waals surface area contributed by atoms with Crippen LogP contribution in [0, 0.1) is 40.7 Å². The number of hydrogen-bond donors (Lipinski definition) is 0. The second-order valence-corrected chi connectivity index (χ2v) is 9.02. The molecule has 0 amide bonds. The van der Waals surface area contributed by atoms with Crippen LogP contribution in [0.1, 0.15) is 81.8 Å². The number of nitriles is 1. The molecule has 2 aliphatic carbocycles. The zero-order valence-corrected chi connectivity index (χ0v) is 16.7. The molecule has 0 saturated heterocycles. The number of nitrogens with zero attached hydrogens (tertiary/aromatic N) is 1. The first-order chi connectivity index (χ1) is 13.6. The molecular weight excluding hydrogens is 352 g/mol. The summed E-state index contributed by atoms with van der Waals surface area (Å²) < 4.78 is 28.7. The molecule has 2 aromatic carbocycles. The minimum Gasteiger partial charge on any atom is -0.206 e. The molecule has 148 valence electrons. The molecule has 4 atom stereocenters. The highest BCUT2D eigenvalue weighted by Crippen LogP contribution is 2.48. The lowest BCUT2D eigenvalue weighted by Crippen LogP contribution is -2.30. The molecule has 0 N–H and O–H groups in total. The first-order valence-electron chi connectivity index (χ1n) is 10.9. The highest BCUT2D eigenvalue weighted by Gasteiger charge is 2.36. The van der Waals surface area contributed by atoms with Crippen LogP contribution in [0.3, 0.4) is 0 Å². The smallest absolute Gasteiger partial charge is 0.141 e. The van der Waals surface area contributed by atoms with Gasteiger partial charge in [-0.25, -0.2) is 8.78 Å². The predicted molar refractivity (Wildman–Crippen MR) is 109 cm³/mol. The lowest BCUT2D eigenvalue weighted by atomic mass is 9.63. The molecule has 4 unspecified atom stereocenters. The quantitative estimate of drug-likeness (QED) is 0.538. The standard InChI is InChI=1S/C25H29F2N/c1-2-3-4-16-5-6-18-10-19(8-7-17(18)9-16)20-11-21-14-24(26)22(15-28)12-23(21)25(27)13-20/h11-14,16-19H,2-10H2,1H3. The third kappa shape index (κ3) is 3.79. The molecule has 2 aromatic rings. The van der Waals surface area contributed by atoms with Gasteiger partial charge in [-0.05, 0) is 84.9 Å². The second kappa shape index (κ2) is 8.19. The normalized spacial score (nSPS) is 27.4. The summed E-state index contributed by atoms with van der Waals surface area (Å²) in [6.07, 6.45) is 11.5. The summed E-state index contributed by atoms with van der Waals surface area (Å²) in [4.78, 5) is 0. The van der Waals surface area contributed by atoms with Crippen molar-refractivity contribution in [1.82, 2.24) is 0 Å². The first kappa shape index (κ1) is 19.4. The molecule has 4 rings (SSSR count). The van der Waals surface area contributed by atoms with Crippen molar-refractivity contribution in [2.45, 2.75) is 70.6 Å². The molecular formula is C25H29F2N. The average Bonchev–Trinajstić information content (AvgIpc) is 2.71. The van der Waals surface area contributed by atoms with E-state index in [4.69, 9.17) is 5.26 Å². The van der Waals surface area contributed by atoms with E-state index in [1.54, 1.807) is 12.1 Å². The summed E-state index contributed by atoms with van der Waals surface area (Å²) in [6, 6.07) is 8.01. The molecule has 0 aromatic heterocycles. The molecule has 0 bridgehead atoms. The largest absolute Gasteiger partial charge is 0.206 e. The minimum atomic E-state index is -0.569. The van der Waals surface area contributed by atoms with Gasteiger partial charge in [-0.3, -0.25) is 0 Å². The number of rotatable bonds is 4. The Kier molecular flexibility index (Phi) is 5.67. The highest BCUT2D eigenvalue weighted by atomic mass is 19.1. The summed E-state index contributed by atoms with van der Waals surface area (Å²) in [5, 5.41) is 9.90. The van der Waals surface area contributed by atoms with Crippen molar-refractivity contribution in [2.75, 3.05) is 0 Å². The van der Waals surface area contributed by atoms with Gasteiger partial charge in [0.15, 0.2) is 0 Å². The van der Waals surface area contributed by atoms with Crippen LogP contribution in [0.15, 0.2) is 24.3 Å². The Hall–Kier alpha value is -1.95. The van der Waals surface area contributed by atoms with Gasteiger partial charge in [-0.2, -0.15) is 5.26 Å². The van der Waals surface area contributed by atoms with E-state index in [9.17, 15) is 8.78 Å². The fourth-order valence-corrected chi connectivity index (χ4v) is 5.73. The van der Waals surface area contributed by atoms with Gasteiger partial charge < -0.3 is 0 Å². The van der Waals surface area contributed by atoms with Crippen molar-refractivity contribution < 1.29 is 8.78 Å². The van der Waals surface area contributed by atoms with Crippen molar-refractivity contribution in [1.29, 1.82) is 5.26 Å². The Morgan fingerprint density at radius 1 is 0.964 bits per heavy atom. The maximum atomic E-state index is 14.7. The molecule has 0 aliphatic heterocycles. The second-order valence-electron chi connectivity index (χ2n) is 9.02. The molecule has 2 fully saturated rings. The number of halogens is 2. The van der Waals surface area contributed by atoms with Crippen molar-refractivity contribution in [3.8, 4) is 6.07 Å². The van der Waals surface area contributed by atoms with Crippen LogP contribution in [0.25, 0.3) is 10.8 Å². The minimum absolute atomic E-state index is 0.0977. The fourth-order valence-electron chi connectivity index (χ4n) is 5.73. The number of benzene rings is 2. The molecule has 3 heteroatoms. The number of fused-ring (bicyclic) bond motifs is 2. The Morgan fingerprint density at radius 2 is 1.75 bits per heavy atom.